The molecule has 0 amide bonds. The van der Waals surface area contributed by atoms with Gasteiger partial charge < -0.3 is 10.2 Å². The van der Waals surface area contributed by atoms with Crippen LogP contribution in [0, 0.1) is 5.41 Å². The number of hydrogen-bond donors (Lipinski definition) is 1. The highest BCUT2D eigenvalue weighted by Gasteiger charge is 2.28. The summed E-state index contributed by atoms with van der Waals surface area (Å²) in [4.78, 5) is 2.43. The molecule has 0 spiro atoms. The summed E-state index contributed by atoms with van der Waals surface area (Å²) in [6, 6.07) is 6.43. The van der Waals surface area contributed by atoms with E-state index in [0.29, 0.717) is 5.41 Å². The van der Waals surface area contributed by atoms with Gasteiger partial charge in [-0.15, -0.1) is 0 Å². The number of benzene rings is 1. The van der Waals surface area contributed by atoms with E-state index in [0.717, 1.165) is 24.7 Å². The van der Waals surface area contributed by atoms with E-state index < -0.39 is 0 Å². The van der Waals surface area contributed by atoms with Crippen LogP contribution in [0.4, 0.5) is 5.69 Å². The fourth-order valence-electron chi connectivity index (χ4n) is 2.76. The minimum Gasteiger partial charge on any atom is -0.370 e. The lowest BCUT2D eigenvalue weighted by Crippen LogP contribution is -2.38. The fraction of sp³-hybridized carbons (Fsp3) is 0.625. The number of nitrogens with zero attached hydrogens (tertiary/aromatic N) is 1. The van der Waals surface area contributed by atoms with Crippen molar-refractivity contribution in [3.63, 3.8) is 0 Å². The molecule has 0 saturated carbocycles. The minimum atomic E-state index is 0.523. The van der Waals surface area contributed by atoms with E-state index in [9.17, 15) is 0 Å². The Morgan fingerprint density at radius 3 is 2.53 bits per heavy atom. The number of anilines is 1. The van der Waals surface area contributed by atoms with Gasteiger partial charge in [-0.3, -0.25) is 0 Å². The van der Waals surface area contributed by atoms with E-state index in [4.69, 9.17) is 11.6 Å². The molecule has 0 radical (unpaired) electrons. The molecule has 1 aliphatic heterocycles. The average molecular weight is 281 g/mol. The number of hydrogen-bond acceptors (Lipinski definition) is 2. The zero-order chi connectivity index (χ0) is 13.9. The lowest BCUT2D eigenvalue weighted by molar-refractivity contribution is 0.238. The molecule has 0 aliphatic carbocycles. The van der Waals surface area contributed by atoms with Gasteiger partial charge in [0.1, 0.15) is 0 Å². The third-order valence-electron chi connectivity index (χ3n) is 4.56. The summed E-state index contributed by atoms with van der Waals surface area (Å²) < 4.78 is 0. The van der Waals surface area contributed by atoms with Crippen molar-refractivity contribution in [2.75, 3.05) is 25.0 Å². The molecule has 19 heavy (non-hydrogen) atoms. The first-order valence-electron chi connectivity index (χ1n) is 7.26. The number of piperidine rings is 1. The van der Waals surface area contributed by atoms with Crippen molar-refractivity contribution in [1.29, 1.82) is 0 Å². The highest BCUT2D eigenvalue weighted by atomic mass is 35.5. The van der Waals surface area contributed by atoms with Gasteiger partial charge in [-0.2, -0.15) is 0 Å². The summed E-state index contributed by atoms with van der Waals surface area (Å²) in [6.45, 7) is 7.82. The van der Waals surface area contributed by atoms with Crippen molar-refractivity contribution in [1.82, 2.24) is 5.32 Å². The number of rotatable bonds is 4. The normalized spacial score (nSPS) is 18.6. The zero-order valence-corrected chi connectivity index (χ0v) is 13.1. The number of halogens is 1. The molecular weight excluding hydrogens is 256 g/mol. The van der Waals surface area contributed by atoms with E-state index in [1.807, 2.05) is 7.05 Å². The minimum absolute atomic E-state index is 0.523. The Bertz CT molecular complexity index is 423. The van der Waals surface area contributed by atoms with Crippen molar-refractivity contribution in [2.24, 2.45) is 5.41 Å². The summed E-state index contributed by atoms with van der Waals surface area (Å²) in [7, 11) is 1.96. The quantitative estimate of drug-likeness (QED) is 0.894. The predicted octanol–water partition coefficient (Wildman–Crippen LogP) is 4.08. The SMILES string of the molecule is CCC1(C)CCN(c2ccc(CNC)cc2Cl)CC1. The molecule has 0 aromatic heterocycles. The largest absolute Gasteiger partial charge is 0.370 e. The maximum absolute atomic E-state index is 6.43. The molecule has 1 aliphatic rings. The van der Waals surface area contributed by atoms with Crippen molar-refractivity contribution < 1.29 is 0 Å². The maximum Gasteiger partial charge on any atom is 0.0642 e. The van der Waals surface area contributed by atoms with Gasteiger partial charge in [0, 0.05) is 19.6 Å². The molecule has 3 heteroatoms. The van der Waals surface area contributed by atoms with Crippen molar-refractivity contribution in [3.05, 3.63) is 28.8 Å². The van der Waals surface area contributed by atoms with E-state index >= 15 is 0 Å². The third kappa shape index (κ3) is 3.43. The van der Waals surface area contributed by atoms with Gasteiger partial charge in [0.05, 0.1) is 10.7 Å². The molecule has 106 valence electrons. The lowest BCUT2D eigenvalue weighted by Gasteiger charge is -2.40. The Balaban J connectivity index is 2.07. The van der Waals surface area contributed by atoms with Crippen LogP contribution < -0.4 is 10.2 Å². The Labute approximate surface area is 122 Å². The lowest BCUT2D eigenvalue weighted by atomic mass is 9.78. The molecule has 1 fully saturated rings. The van der Waals surface area contributed by atoms with Crippen molar-refractivity contribution in [2.45, 2.75) is 39.7 Å². The monoisotopic (exact) mass is 280 g/mol. The number of nitrogens with one attached hydrogen (secondary N) is 1. The van der Waals surface area contributed by atoms with Gasteiger partial charge in [-0.05, 0) is 43.0 Å². The summed E-state index contributed by atoms with van der Waals surface area (Å²) in [5.74, 6) is 0. The highest BCUT2D eigenvalue weighted by molar-refractivity contribution is 6.33. The predicted molar refractivity (Wildman–Crippen MR) is 84.1 cm³/mol. The molecule has 1 aromatic rings. The Morgan fingerprint density at radius 2 is 2.00 bits per heavy atom. The van der Waals surface area contributed by atoms with Crippen LogP contribution in [0.2, 0.25) is 5.02 Å². The second-order valence-corrected chi connectivity index (χ2v) is 6.37. The van der Waals surface area contributed by atoms with E-state index in [-0.39, 0.29) is 0 Å². The van der Waals surface area contributed by atoms with Gasteiger partial charge in [0.2, 0.25) is 0 Å². The fourth-order valence-corrected chi connectivity index (χ4v) is 3.08. The molecule has 1 saturated heterocycles. The van der Waals surface area contributed by atoms with Crippen LogP contribution in [0.25, 0.3) is 0 Å². The first kappa shape index (κ1) is 14.7. The van der Waals surface area contributed by atoms with Crippen LogP contribution in [0.1, 0.15) is 38.7 Å². The van der Waals surface area contributed by atoms with Crippen LogP contribution in [-0.4, -0.2) is 20.1 Å². The summed E-state index contributed by atoms with van der Waals surface area (Å²) in [6.07, 6.45) is 3.80. The molecule has 1 heterocycles. The molecule has 1 N–H and O–H groups in total. The molecule has 0 unspecified atom stereocenters. The van der Waals surface area contributed by atoms with Gasteiger partial charge in [-0.1, -0.05) is 37.9 Å². The summed E-state index contributed by atoms with van der Waals surface area (Å²) in [5.41, 5.74) is 2.96. The molecule has 1 aromatic carbocycles. The van der Waals surface area contributed by atoms with E-state index in [2.05, 4.69) is 42.3 Å². The van der Waals surface area contributed by atoms with Crippen LogP contribution in [0.15, 0.2) is 18.2 Å². The highest BCUT2D eigenvalue weighted by Crippen LogP contribution is 2.37. The second-order valence-electron chi connectivity index (χ2n) is 5.97. The standard InChI is InChI=1S/C16H25ClN2/c1-4-16(2)7-9-19(10-8-16)15-6-5-13(12-18-3)11-14(15)17/h5-6,11,18H,4,7-10,12H2,1-3H3. The summed E-state index contributed by atoms with van der Waals surface area (Å²) >= 11 is 6.43. The first-order chi connectivity index (χ1) is 9.08. The van der Waals surface area contributed by atoms with Crippen LogP contribution in [0.3, 0.4) is 0 Å². The van der Waals surface area contributed by atoms with Crippen LogP contribution >= 0.6 is 11.6 Å². The molecule has 0 atom stereocenters. The van der Waals surface area contributed by atoms with Crippen LogP contribution in [-0.2, 0) is 6.54 Å². The van der Waals surface area contributed by atoms with Crippen LogP contribution in [0.5, 0.6) is 0 Å². The Morgan fingerprint density at radius 1 is 1.32 bits per heavy atom. The first-order valence-corrected chi connectivity index (χ1v) is 7.64. The molecule has 2 nitrogen and oxygen atoms in total. The maximum atomic E-state index is 6.43. The average Bonchev–Trinajstić information content (AvgIpc) is 2.41. The molecule has 2 rings (SSSR count). The van der Waals surface area contributed by atoms with Gasteiger partial charge in [0.15, 0.2) is 0 Å². The second kappa shape index (κ2) is 6.15. The van der Waals surface area contributed by atoms with Gasteiger partial charge in [0.25, 0.3) is 0 Å². The topological polar surface area (TPSA) is 15.3 Å². The Kier molecular flexibility index (Phi) is 4.75. The van der Waals surface area contributed by atoms with Gasteiger partial charge >= 0.3 is 0 Å². The zero-order valence-electron chi connectivity index (χ0n) is 12.3. The molecule has 0 bridgehead atoms. The van der Waals surface area contributed by atoms with Gasteiger partial charge in [-0.25, -0.2) is 0 Å². The van der Waals surface area contributed by atoms with Crippen molar-refractivity contribution in [3.8, 4) is 0 Å². The van der Waals surface area contributed by atoms with E-state index in [1.54, 1.807) is 0 Å². The van der Waals surface area contributed by atoms with E-state index in [1.165, 1.54) is 30.5 Å². The third-order valence-corrected chi connectivity index (χ3v) is 4.86. The smallest absolute Gasteiger partial charge is 0.0642 e. The van der Waals surface area contributed by atoms with Crippen molar-refractivity contribution >= 4 is 17.3 Å². The summed E-state index contributed by atoms with van der Waals surface area (Å²) in [5, 5.41) is 4.04. The molecular formula is C16H25ClN2. The Hall–Kier alpha value is -0.730.